The molecule has 4 aliphatic rings. The SMILES string of the molecule is CCOC(=O)C1CC2C=CC1C2.O=C(Oc1ccccc1)C1CC2C=CC1C2. The highest BCUT2D eigenvalue weighted by molar-refractivity contribution is 5.76. The summed E-state index contributed by atoms with van der Waals surface area (Å²) < 4.78 is 10.4. The summed E-state index contributed by atoms with van der Waals surface area (Å²) in [5.74, 6) is 3.00. The van der Waals surface area contributed by atoms with Crippen LogP contribution in [0.2, 0.25) is 0 Å². The molecule has 2 fully saturated rings. The lowest BCUT2D eigenvalue weighted by Crippen LogP contribution is -2.23. The third-order valence-corrected chi connectivity index (χ3v) is 6.41. The van der Waals surface area contributed by atoms with Gasteiger partial charge in [0.1, 0.15) is 5.75 Å². The van der Waals surface area contributed by atoms with E-state index in [1.54, 1.807) is 0 Å². The van der Waals surface area contributed by atoms with Crippen molar-refractivity contribution in [2.75, 3.05) is 6.61 Å². The Labute approximate surface area is 166 Å². The monoisotopic (exact) mass is 380 g/mol. The van der Waals surface area contributed by atoms with Gasteiger partial charge in [-0.3, -0.25) is 9.59 Å². The molecule has 0 amide bonds. The average molecular weight is 380 g/mol. The van der Waals surface area contributed by atoms with Gasteiger partial charge in [-0.1, -0.05) is 42.5 Å². The number of carbonyl (C=O) groups excluding carboxylic acids is 2. The van der Waals surface area contributed by atoms with E-state index in [0.29, 0.717) is 36.0 Å². The average Bonchev–Trinajstić information content (AvgIpc) is 3.50. The topological polar surface area (TPSA) is 52.6 Å². The predicted octanol–water partition coefficient (Wildman–Crippen LogP) is 4.57. The van der Waals surface area contributed by atoms with Gasteiger partial charge in [0, 0.05) is 0 Å². The highest BCUT2D eigenvalue weighted by Gasteiger charge is 2.41. The van der Waals surface area contributed by atoms with Crippen LogP contribution in [0.4, 0.5) is 0 Å². The molecule has 5 rings (SSSR count). The van der Waals surface area contributed by atoms with Crippen molar-refractivity contribution in [2.45, 2.75) is 32.6 Å². The molecule has 1 aromatic rings. The largest absolute Gasteiger partial charge is 0.466 e. The Hall–Kier alpha value is -2.36. The van der Waals surface area contributed by atoms with Crippen LogP contribution in [0.15, 0.2) is 54.6 Å². The Kier molecular flexibility index (Phi) is 5.65. The van der Waals surface area contributed by atoms with Crippen LogP contribution in [0.3, 0.4) is 0 Å². The number of fused-ring (bicyclic) bond motifs is 4. The molecule has 0 N–H and O–H groups in total. The van der Waals surface area contributed by atoms with Gasteiger partial charge in [-0.15, -0.1) is 0 Å². The van der Waals surface area contributed by atoms with E-state index in [-0.39, 0.29) is 23.8 Å². The van der Waals surface area contributed by atoms with Crippen LogP contribution in [0.25, 0.3) is 0 Å². The first-order valence-corrected chi connectivity index (χ1v) is 10.4. The van der Waals surface area contributed by atoms with Crippen molar-refractivity contribution in [2.24, 2.45) is 35.5 Å². The van der Waals surface area contributed by atoms with Crippen molar-refractivity contribution in [3.8, 4) is 5.75 Å². The van der Waals surface area contributed by atoms with Crippen LogP contribution in [0, 0.1) is 35.5 Å². The molecule has 0 heterocycles. The van der Waals surface area contributed by atoms with Gasteiger partial charge in [-0.05, 0) is 68.4 Å². The molecule has 0 spiro atoms. The minimum absolute atomic E-state index is 0.00866. The number of rotatable bonds is 4. The normalized spacial score (nSPS) is 33.5. The molecular weight excluding hydrogens is 352 g/mol. The molecule has 0 radical (unpaired) electrons. The van der Waals surface area contributed by atoms with E-state index in [2.05, 4.69) is 24.3 Å². The number of hydrogen-bond donors (Lipinski definition) is 0. The van der Waals surface area contributed by atoms with E-state index >= 15 is 0 Å². The van der Waals surface area contributed by atoms with Gasteiger partial charge in [0.2, 0.25) is 0 Å². The zero-order chi connectivity index (χ0) is 19.5. The van der Waals surface area contributed by atoms with Crippen LogP contribution < -0.4 is 4.74 Å². The summed E-state index contributed by atoms with van der Waals surface area (Å²) in [4.78, 5) is 23.3. The molecule has 2 saturated carbocycles. The highest BCUT2D eigenvalue weighted by atomic mass is 16.5. The Bertz CT molecular complexity index is 766. The first kappa shape index (κ1) is 19.0. The number of ether oxygens (including phenoxy) is 2. The highest BCUT2D eigenvalue weighted by Crippen LogP contribution is 2.44. The molecule has 0 aliphatic heterocycles. The Morgan fingerprint density at radius 1 is 0.821 bits per heavy atom. The van der Waals surface area contributed by atoms with Crippen molar-refractivity contribution in [3.63, 3.8) is 0 Å². The second-order valence-electron chi connectivity index (χ2n) is 8.26. The van der Waals surface area contributed by atoms with Crippen LogP contribution in [0.5, 0.6) is 5.75 Å². The summed E-state index contributed by atoms with van der Waals surface area (Å²) in [7, 11) is 0. The van der Waals surface area contributed by atoms with Crippen molar-refractivity contribution in [1.82, 2.24) is 0 Å². The fraction of sp³-hybridized carbons (Fsp3) is 0.500. The molecule has 0 aromatic heterocycles. The molecule has 4 bridgehead atoms. The summed E-state index contributed by atoms with van der Waals surface area (Å²) in [6, 6.07) is 9.31. The summed E-state index contributed by atoms with van der Waals surface area (Å²) in [6.45, 7) is 2.37. The third-order valence-electron chi connectivity index (χ3n) is 6.41. The molecule has 4 aliphatic carbocycles. The standard InChI is InChI=1S/C14H14O2.C10H14O2/c15-14(16-12-4-2-1-3-5-12)13-9-10-6-7-11(13)8-10;1-2-12-10(11)9-6-7-3-4-8(9)5-7/h1-7,10-11,13H,8-9H2;3-4,7-9H,2,5-6H2,1H3. The number of allylic oxidation sites excluding steroid dienone is 4. The minimum Gasteiger partial charge on any atom is -0.466 e. The molecule has 148 valence electrons. The molecule has 4 heteroatoms. The van der Waals surface area contributed by atoms with Crippen LogP contribution in [-0.4, -0.2) is 18.5 Å². The maximum atomic E-state index is 11.9. The number of para-hydroxylation sites is 1. The Balaban J connectivity index is 0.000000143. The van der Waals surface area contributed by atoms with E-state index in [1.807, 2.05) is 37.3 Å². The van der Waals surface area contributed by atoms with Crippen molar-refractivity contribution >= 4 is 11.9 Å². The van der Waals surface area contributed by atoms with E-state index in [0.717, 1.165) is 19.3 Å². The van der Waals surface area contributed by atoms with E-state index in [1.165, 1.54) is 6.42 Å². The lowest BCUT2D eigenvalue weighted by molar-refractivity contribution is -0.148. The van der Waals surface area contributed by atoms with Crippen molar-refractivity contribution in [1.29, 1.82) is 0 Å². The van der Waals surface area contributed by atoms with Gasteiger partial charge >= 0.3 is 11.9 Å². The van der Waals surface area contributed by atoms with Crippen LogP contribution in [-0.2, 0) is 14.3 Å². The molecular formula is C24H28O4. The van der Waals surface area contributed by atoms with E-state index in [9.17, 15) is 9.59 Å². The molecule has 6 unspecified atom stereocenters. The quantitative estimate of drug-likeness (QED) is 0.436. The molecule has 1 aromatic carbocycles. The van der Waals surface area contributed by atoms with Gasteiger partial charge < -0.3 is 9.47 Å². The minimum atomic E-state index is -0.0666. The molecule has 4 nitrogen and oxygen atoms in total. The molecule has 28 heavy (non-hydrogen) atoms. The smallest absolute Gasteiger partial charge is 0.314 e. The van der Waals surface area contributed by atoms with Crippen LogP contribution in [0.1, 0.15) is 32.6 Å². The maximum absolute atomic E-state index is 11.9. The number of esters is 2. The van der Waals surface area contributed by atoms with Gasteiger partial charge in [0.05, 0.1) is 18.4 Å². The summed E-state index contributed by atoms with van der Waals surface area (Å²) in [5, 5.41) is 0. The van der Waals surface area contributed by atoms with E-state index < -0.39 is 0 Å². The summed E-state index contributed by atoms with van der Waals surface area (Å²) >= 11 is 0. The molecule has 0 saturated heterocycles. The van der Waals surface area contributed by atoms with E-state index in [4.69, 9.17) is 9.47 Å². The van der Waals surface area contributed by atoms with Gasteiger partial charge in [0.25, 0.3) is 0 Å². The Morgan fingerprint density at radius 2 is 1.39 bits per heavy atom. The first-order valence-electron chi connectivity index (χ1n) is 10.4. The second kappa shape index (κ2) is 8.34. The fourth-order valence-corrected chi connectivity index (χ4v) is 5.03. The predicted molar refractivity (Wildman–Crippen MR) is 106 cm³/mol. The lowest BCUT2D eigenvalue weighted by atomic mass is 9.94. The maximum Gasteiger partial charge on any atom is 0.314 e. The zero-order valence-electron chi connectivity index (χ0n) is 16.3. The van der Waals surface area contributed by atoms with Crippen LogP contribution >= 0.6 is 0 Å². The van der Waals surface area contributed by atoms with Crippen molar-refractivity contribution in [3.05, 3.63) is 54.6 Å². The molecule has 6 atom stereocenters. The van der Waals surface area contributed by atoms with Crippen molar-refractivity contribution < 1.29 is 19.1 Å². The first-order chi connectivity index (χ1) is 13.6. The number of benzene rings is 1. The lowest BCUT2D eigenvalue weighted by Gasteiger charge is -2.16. The zero-order valence-corrected chi connectivity index (χ0v) is 16.3. The van der Waals surface area contributed by atoms with Gasteiger partial charge in [0.15, 0.2) is 0 Å². The second-order valence-corrected chi connectivity index (χ2v) is 8.26. The Morgan fingerprint density at radius 3 is 1.86 bits per heavy atom. The van der Waals surface area contributed by atoms with Gasteiger partial charge in [-0.25, -0.2) is 0 Å². The number of carbonyl (C=O) groups is 2. The number of hydrogen-bond acceptors (Lipinski definition) is 4. The summed E-state index contributed by atoms with van der Waals surface area (Å²) in [6.07, 6.45) is 13.1. The summed E-state index contributed by atoms with van der Waals surface area (Å²) in [5.41, 5.74) is 0. The third kappa shape index (κ3) is 4.06. The van der Waals surface area contributed by atoms with Gasteiger partial charge in [-0.2, -0.15) is 0 Å². The fourth-order valence-electron chi connectivity index (χ4n) is 5.03.